The molecule has 2 aromatic carbocycles. The van der Waals surface area contributed by atoms with Gasteiger partial charge in [0.25, 0.3) is 0 Å². The van der Waals surface area contributed by atoms with E-state index < -0.39 is 0 Å². The second-order valence-electron chi connectivity index (χ2n) is 8.34. The Morgan fingerprint density at radius 1 is 1.00 bits per heavy atom. The smallest absolute Gasteiger partial charge is 0.333 e. The molecule has 174 valence electrons. The van der Waals surface area contributed by atoms with Crippen molar-refractivity contribution in [2.75, 3.05) is 13.7 Å². The summed E-state index contributed by atoms with van der Waals surface area (Å²) in [6.45, 7) is 6.41. The van der Waals surface area contributed by atoms with E-state index in [0.29, 0.717) is 18.1 Å². The minimum atomic E-state index is -0.128. The van der Waals surface area contributed by atoms with Crippen molar-refractivity contribution in [3.63, 3.8) is 0 Å². The van der Waals surface area contributed by atoms with Crippen LogP contribution in [0.25, 0.3) is 38.8 Å². The summed E-state index contributed by atoms with van der Waals surface area (Å²) in [6.07, 6.45) is 1.76. The summed E-state index contributed by atoms with van der Waals surface area (Å²) in [4.78, 5) is 18.1. The number of fused-ring (bicyclic) bond motifs is 3. The number of aryl methyl sites for hydroxylation is 3. The maximum atomic E-state index is 13.4. The van der Waals surface area contributed by atoms with Gasteiger partial charge in [0.2, 0.25) is 0 Å². The monoisotopic (exact) mass is 457 g/mol. The van der Waals surface area contributed by atoms with Crippen molar-refractivity contribution >= 4 is 21.9 Å². The zero-order chi connectivity index (χ0) is 24.1. The Morgan fingerprint density at radius 2 is 1.74 bits per heavy atom. The summed E-state index contributed by atoms with van der Waals surface area (Å²) >= 11 is 0. The molecule has 0 fully saturated rings. The van der Waals surface area contributed by atoms with E-state index in [1.165, 1.54) is 0 Å². The molecule has 0 saturated heterocycles. The molecule has 34 heavy (non-hydrogen) atoms. The molecule has 0 unspecified atom stereocenters. The average Bonchev–Trinajstić information content (AvgIpc) is 3.24. The molecule has 0 atom stereocenters. The lowest BCUT2D eigenvalue weighted by Gasteiger charge is -2.12. The third-order valence-corrected chi connectivity index (χ3v) is 6.37. The molecule has 8 heteroatoms. The van der Waals surface area contributed by atoms with Crippen LogP contribution in [0.2, 0.25) is 0 Å². The number of pyridine rings is 1. The van der Waals surface area contributed by atoms with Crippen molar-refractivity contribution in [2.24, 2.45) is 14.1 Å². The highest BCUT2D eigenvalue weighted by Crippen LogP contribution is 2.35. The van der Waals surface area contributed by atoms with E-state index >= 15 is 0 Å². The first-order valence-electron chi connectivity index (χ1n) is 11.2. The van der Waals surface area contributed by atoms with E-state index in [-0.39, 0.29) is 5.69 Å². The van der Waals surface area contributed by atoms with Crippen LogP contribution in [0.5, 0.6) is 11.5 Å². The zero-order valence-electron chi connectivity index (χ0n) is 20.2. The highest BCUT2D eigenvalue weighted by atomic mass is 16.5. The lowest BCUT2D eigenvalue weighted by molar-refractivity contribution is 0.311. The summed E-state index contributed by atoms with van der Waals surface area (Å²) in [6, 6.07) is 12.0. The van der Waals surface area contributed by atoms with Crippen molar-refractivity contribution in [2.45, 2.75) is 20.8 Å². The van der Waals surface area contributed by atoms with E-state index in [1.54, 1.807) is 34.2 Å². The summed E-state index contributed by atoms with van der Waals surface area (Å²) < 4.78 is 16.4. The van der Waals surface area contributed by atoms with Crippen molar-refractivity contribution in [3.05, 3.63) is 64.5 Å². The number of benzene rings is 2. The molecule has 0 aliphatic heterocycles. The molecule has 0 spiro atoms. The lowest BCUT2D eigenvalue weighted by Crippen LogP contribution is -2.21. The van der Waals surface area contributed by atoms with E-state index in [2.05, 4.69) is 16.1 Å². The van der Waals surface area contributed by atoms with E-state index in [0.717, 1.165) is 50.1 Å². The van der Waals surface area contributed by atoms with E-state index in [1.807, 2.05) is 58.2 Å². The number of imidazole rings is 1. The second-order valence-corrected chi connectivity index (χ2v) is 8.34. The van der Waals surface area contributed by atoms with Crippen LogP contribution in [0, 0.1) is 13.8 Å². The normalized spacial score (nSPS) is 11.5. The maximum absolute atomic E-state index is 13.4. The SMILES string of the molecule is CCOc1ccc(-c2ccc3ncc4c(c3c2)n(-c2c(C)nn(C)c2C)c(=O)n4C)cc1OC. The quantitative estimate of drug-likeness (QED) is 0.393. The summed E-state index contributed by atoms with van der Waals surface area (Å²) in [5, 5.41) is 5.43. The Bertz CT molecular complexity index is 1620. The fourth-order valence-electron chi connectivity index (χ4n) is 4.59. The van der Waals surface area contributed by atoms with Crippen LogP contribution >= 0.6 is 0 Å². The number of hydrogen-bond acceptors (Lipinski definition) is 5. The minimum Gasteiger partial charge on any atom is -0.493 e. The lowest BCUT2D eigenvalue weighted by atomic mass is 10.0. The third kappa shape index (κ3) is 3.17. The molecule has 8 nitrogen and oxygen atoms in total. The molecular weight excluding hydrogens is 430 g/mol. The number of hydrogen-bond donors (Lipinski definition) is 0. The largest absolute Gasteiger partial charge is 0.493 e. The highest BCUT2D eigenvalue weighted by molar-refractivity contribution is 6.04. The van der Waals surface area contributed by atoms with Crippen LogP contribution < -0.4 is 15.2 Å². The Kier molecular flexibility index (Phi) is 5.16. The van der Waals surface area contributed by atoms with Gasteiger partial charge in [-0.2, -0.15) is 5.10 Å². The summed E-state index contributed by atoms with van der Waals surface area (Å²) in [5.74, 6) is 1.38. The Balaban J connectivity index is 1.81. The summed E-state index contributed by atoms with van der Waals surface area (Å²) in [5.41, 5.74) is 6.76. The van der Waals surface area contributed by atoms with Gasteiger partial charge in [0.1, 0.15) is 0 Å². The molecule has 3 aromatic heterocycles. The number of methoxy groups -OCH3 is 1. The van der Waals surface area contributed by atoms with Gasteiger partial charge in [0.05, 0.1) is 53.5 Å². The van der Waals surface area contributed by atoms with Crippen molar-refractivity contribution in [1.82, 2.24) is 23.9 Å². The molecule has 0 aliphatic carbocycles. The highest BCUT2D eigenvalue weighted by Gasteiger charge is 2.21. The number of aromatic nitrogens is 5. The third-order valence-electron chi connectivity index (χ3n) is 6.37. The van der Waals surface area contributed by atoms with E-state index in [4.69, 9.17) is 9.47 Å². The van der Waals surface area contributed by atoms with E-state index in [9.17, 15) is 4.79 Å². The molecule has 0 saturated carbocycles. The number of rotatable bonds is 5. The predicted molar refractivity (Wildman–Crippen MR) is 133 cm³/mol. The van der Waals surface area contributed by atoms with Gasteiger partial charge in [-0.1, -0.05) is 12.1 Å². The topological polar surface area (TPSA) is 76.1 Å². The van der Waals surface area contributed by atoms with Crippen LogP contribution in [-0.2, 0) is 14.1 Å². The number of ether oxygens (including phenoxy) is 2. The molecule has 0 amide bonds. The first kappa shape index (κ1) is 21.8. The number of nitrogens with zero attached hydrogens (tertiary/aromatic N) is 5. The predicted octanol–water partition coefficient (Wildman–Crippen LogP) is 4.30. The zero-order valence-corrected chi connectivity index (χ0v) is 20.2. The standard InChI is InChI=1S/C26H27N5O3/c1-7-34-22-11-9-18(13-23(22)33-6)17-8-10-20-19(12-17)25-21(14-27-20)29(4)26(32)31(25)24-15(2)28-30(5)16(24)3/h8-14H,7H2,1-6H3. The van der Waals surface area contributed by atoms with Gasteiger partial charge >= 0.3 is 5.69 Å². The van der Waals surface area contributed by atoms with Crippen LogP contribution in [0.3, 0.4) is 0 Å². The molecular formula is C26H27N5O3. The van der Waals surface area contributed by atoms with Crippen LogP contribution in [0.15, 0.2) is 47.4 Å². The van der Waals surface area contributed by atoms with Gasteiger partial charge in [0.15, 0.2) is 11.5 Å². The van der Waals surface area contributed by atoms with Gasteiger partial charge < -0.3 is 9.47 Å². The molecule has 5 aromatic rings. The molecule has 5 rings (SSSR count). The Labute approximate surface area is 197 Å². The molecule has 0 bridgehead atoms. The van der Waals surface area contributed by atoms with Crippen molar-refractivity contribution in [1.29, 1.82) is 0 Å². The van der Waals surface area contributed by atoms with Crippen molar-refractivity contribution in [3.8, 4) is 28.3 Å². The maximum Gasteiger partial charge on any atom is 0.333 e. The minimum absolute atomic E-state index is 0.128. The summed E-state index contributed by atoms with van der Waals surface area (Å²) in [7, 11) is 5.30. The Morgan fingerprint density at radius 3 is 2.41 bits per heavy atom. The van der Waals surface area contributed by atoms with Crippen LogP contribution in [-0.4, -0.2) is 37.6 Å². The van der Waals surface area contributed by atoms with Gasteiger partial charge in [0, 0.05) is 19.5 Å². The fraction of sp³-hybridized carbons (Fsp3) is 0.269. The Hall–Kier alpha value is -4.07. The average molecular weight is 458 g/mol. The van der Waals surface area contributed by atoms with Gasteiger partial charge in [-0.15, -0.1) is 0 Å². The molecule has 3 heterocycles. The molecule has 0 aliphatic rings. The van der Waals surface area contributed by atoms with Crippen LogP contribution in [0.1, 0.15) is 18.3 Å². The van der Waals surface area contributed by atoms with Gasteiger partial charge in [-0.05, 0) is 56.2 Å². The van der Waals surface area contributed by atoms with Crippen molar-refractivity contribution < 1.29 is 9.47 Å². The second kappa shape index (κ2) is 8.06. The van der Waals surface area contributed by atoms with Crippen LogP contribution in [0.4, 0.5) is 0 Å². The first-order chi connectivity index (χ1) is 16.3. The van der Waals surface area contributed by atoms with Gasteiger partial charge in [-0.25, -0.2) is 4.79 Å². The van der Waals surface area contributed by atoms with Gasteiger partial charge in [-0.3, -0.25) is 18.8 Å². The first-order valence-corrected chi connectivity index (χ1v) is 11.2. The molecule has 0 N–H and O–H groups in total. The molecule has 0 radical (unpaired) electrons. The fourth-order valence-corrected chi connectivity index (χ4v) is 4.59.